The van der Waals surface area contributed by atoms with Crippen LogP contribution in [-0.4, -0.2) is 35.3 Å². The van der Waals surface area contributed by atoms with Gasteiger partial charge in [-0.25, -0.2) is 0 Å². The Bertz CT molecular complexity index is 972. The van der Waals surface area contributed by atoms with Gasteiger partial charge in [0.25, 0.3) is 11.7 Å². The molecule has 0 atom stereocenters. The zero-order valence-electron chi connectivity index (χ0n) is 19.2. The largest absolute Gasteiger partial charge is 0.493 e. The number of primary amides is 1. The number of amides is 1. The van der Waals surface area contributed by atoms with Crippen LogP contribution < -0.4 is 10.5 Å². The second kappa shape index (κ2) is 11.2. The predicted molar refractivity (Wildman–Crippen MR) is 122 cm³/mol. The summed E-state index contributed by atoms with van der Waals surface area (Å²) in [5.74, 6) is -0.676. The van der Waals surface area contributed by atoms with Gasteiger partial charge in [0.05, 0.1) is 24.3 Å². The van der Waals surface area contributed by atoms with Crippen molar-refractivity contribution in [1.82, 2.24) is 4.40 Å². The summed E-state index contributed by atoms with van der Waals surface area (Å²) in [6, 6.07) is 3.66. The average molecular weight is 443 g/mol. The summed E-state index contributed by atoms with van der Waals surface area (Å²) in [5, 5.41) is 0. The third-order valence-electron chi connectivity index (χ3n) is 6.23. The van der Waals surface area contributed by atoms with E-state index in [2.05, 4.69) is 0 Å². The van der Waals surface area contributed by atoms with Gasteiger partial charge in [0.1, 0.15) is 5.75 Å². The van der Waals surface area contributed by atoms with E-state index in [4.69, 9.17) is 15.2 Å². The summed E-state index contributed by atoms with van der Waals surface area (Å²) >= 11 is 0. The molecule has 3 rings (SSSR count). The SMILES string of the molecule is CCOC(=O)CCCOc1ccn2c(CC3CCCCC3)c(CC)c(C(=O)C(N)=O)c2c1. The van der Waals surface area contributed by atoms with Crippen molar-refractivity contribution in [3.63, 3.8) is 0 Å². The molecule has 0 radical (unpaired) electrons. The highest BCUT2D eigenvalue weighted by Gasteiger charge is 2.27. The zero-order valence-corrected chi connectivity index (χ0v) is 19.2. The van der Waals surface area contributed by atoms with E-state index >= 15 is 0 Å². The molecule has 7 heteroatoms. The summed E-state index contributed by atoms with van der Waals surface area (Å²) in [4.78, 5) is 36.1. The molecule has 174 valence electrons. The van der Waals surface area contributed by atoms with Gasteiger partial charge >= 0.3 is 5.97 Å². The number of nitrogens with zero attached hydrogens (tertiary/aromatic N) is 1. The quantitative estimate of drug-likeness (QED) is 0.245. The molecule has 0 aliphatic heterocycles. The fraction of sp³-hybridized carbons (Fsp3) is 0.560. The maximum absolute atomic E-state index is 12.8. The number of fused-ring (bicyclic) bond motifs is 1. The van der Waals surface area contributed by atoms with Gasteiger partial charge in [-0.2, -0.15) is 0 Å². The Kier molecular flexibility index (Phi) is 8.31. The van der Waals surface area contributed by atoms with Gasteiger partial charge in [0, 0.05) is 24.4 Å². The molecule has 2 N–H and O–H groups in total. The number of hydrogen-bond acceptors (Lipinski definition) is 5. The van der Waals surface area contributed by atoms with Gasteiger partial charge in [-0.3, -0.25) is 14.4 Å². The van der Waals surface area contributed by atoms with Crippen molar-refractivity contribution in [3.05, 3.63) is 35.2 Å². The number of esters is 1. The summed E-state index contributed by atoms with van der Waals surface area (Å²) in [5.41, 5.74) is 8.43. The molecule has 1 aliphatic rings. The Morgan fingerprint density at radius 2 is 1.91 bits per heavy atom. The topological polar surface area (TPSA) is 100 Å². The molecule has 2 aromatic rings. The lowest BCUT2D eigenvalue weighted by Crippen LogP contribution is -2.24. The number of aromatic nitrogens is 1. The number of nitrogens with two attached hydrogens (primary N) is 1. The lowest BCUT2D eigenvalue weighted by Gasteiger charge is -2.22. The molecule has 0 spiro atoms. The van der Waals surface area contributed by atoms with Gasteiger partial charge in [-0.15, -0.1) is 0 Å². The van der Waals surface area contributed by atoms with Crippen molar-refractivity contribution in [3.8, 4) is 5.75 Å². The first-order valence-corrected chi connectivity index (χ1v) is 11.7. The molecule has 2 aromatic heterocycles. The van der Waals surface area contributed by atoms with Gasteiger partial charge in [-0.05, 0) is 43.7 Å². The number of hydrogen-bond donors (Lipinski definition) is 1. The molecule has 1 fully saturated rings. The molecule has 0 unspecified atom stereocenters. The van der Waals surface area contributed by atoms with E-state index in [9.17, 15) is 14.4 Å². The van der Waals surface area contributed by atoms with E-state index in [1.165, 1.54) is 32.1 Å². The first kappa shape index (κ1) is 23.8. The Labute approximate surface area is 189 Å². The molecular weight excluding hydrogens is 408 g/mol. The van der Waals surface area contributed by atoms with Crippen LogP contribution >= 0.6 is 0 Å². The van der Waals surface area contributed by atoms with Crippen LogP contribution in [0.5, 0.6) is 5.75 Å². The maximum atomic E-state index is 12.8. The molecule has 0 saturated heterocycles. The fourth-order valence-electron chi connectivity index (χ4n) is 4.73. The number of Topliss-reactive ketones (excluding diaryl/α,β-unsaturated/α-hetero) is 1. The molecule has 32 heavy (non-hydrogen) atoms. The van der Waals surface area contributed by atoms with E-state index < -0.39 is 11.7 Å². The number of pyridine rings is 1. The third-order valence-corrected chi connectivity index (χ3v) is 6.23. The lowest BCUT2D eigenvalue weighted by molar-refractivity contribution is -0.143. The first-order valence-electron chi connectivity index (χ1n) is 11.7. The molecule has 2 heterocycles. The number of ketones is 1. The van der Waals surface area contributed by atoms with Crippen molar-refractivity contribution in [2.24, 2.45) is 11.7 Å². The maximum Gasteiger partial charge on any atom is 0.305 e. The Morgan fingerprint density at radius 1 is 1.16 bits per heavy atom. The molecule has 0 aromatic carbocycles. The molecule has 0 bridgehead atoms. The standard InChI is InChI=1S/C25H34N2O5/c1-3-19-20(15-17-9-6-5-7-10-17)27-13-12-18(32-14-8-11-22(28)31-4-2)16-21(27)23(19)24(29)25(26)30/h12-13,16-17H,3-11,14-15H2,1-2H3,(H2,26,30). The van der Waals surface area contributed by atoms with Crippen molar-refractivity contribution in [2.45, 2.75) is 71.6 Å². The Hall–Kier alpha value is -2.83. The minimum atomic E-state index is -0.947. The van der Waals surface area contributed by atoms with Crippen LogP contribution in [0.1, 0.15) is 80.4 Å². The minimum absolute atomic E-state index is 0.243. The number of carbonyl (C=O) groups excluding carboxylic acids is 3. The summed E-state index contributed by atoms with van der Waals surface area (Å²) in [6.45, 7) is 4.50. The summed E-state index contributed by atoms with van der Waals surface area (Å²) < 4.78 is 12.8. The second-order valence-electron chi connectivity index (χ2n) is 8.43. The number of ether oxygens (including phenoxy) is 2. The van der Waals surface area contributed by atoms with Crippen LogP contribution in [0.2, 0.25) is 0 Å². The third kappa shape index (κ3) is 5.50. The second-order valence-corrected chi connectivity index (χ2v) is 8.43. The van der Waals surface area contributed by atoms with E-state index in [1.807, 2.05) is 23.6 Å². The smallest absolute Gasteiger partial charge is 0.305 e. The number of rotatable bonds is 11. The van der Waals surface area contributed by atoms with E-state index in [0.29, 0.717) is 48.8 Å². The molecule has 1 aliphatic carbocycles. The highest BCUT2D eigenvalue weighted by Crippen LogP contribution is 2.33. The van der Waals surface area contributed by atoms with Crippen molar-refractivity contribution in [1.29, 1.82) is 0 Å². The van der Waals surface area contributed by atoms with Gasteiger partial charge < -0.3 is 19.6 Å². The predicted octanol–water partition coefficient (Wildman–Crippen LogP) is 4.01. The Balaban J connectivity index is 1.89. The van der Waals surface area contributed by atoms with Crippen LogP contribution in [0.4, 0.5) is 0 Å². The monoisotopic (exact) mass is 442 g/mol. The summed E-state index contributed by atoms with van der Waals surface area (Å²) in [6.07, 6.45) is 10.4. The molecule has 7 nitrogen and oxygen atoms in total. The highest BCUT2D eigenvalue weighted by molar-refractivity contribution is 6.44. The van der Waals surface area contributed by atoms with Crippen LogP contribution in [0, 0.1) is 5.92 Å². The normalized spacial score (nSPS) is 14.4. The highest BCUT2D eigenvalue weighted by atomic mass is 16.5. The fourth-order valence-corrected chi connectivity index (χ4v) is 4.73. The van der Waals surface area contributed by atoms with Crippen LogP contribution in [-0.2, 0) is 27.2 Å². The summed E-state index contributed by atoms with van der Waals surface area (Å²) in [7, 11) is 0. The molecular formula is C25H34N2O5. The van der Waals surface area contributed by atoms with E-state index in [-0.39, 0.29) is 12.4 Å². The van der Waals surface area contributed by atoms with Gasteiger partial charge in [0.2, 0.25) is 0 Å². The average Bonchev–Trinajstić information content (AvgIpc) is 3.09. The lowest BCUT2D eigenvalue weighted by atomic mass is 9.85. The Morgan fingerprint density at radius 3 is 2.56 bits per heavy atom. The van der Waals surface area contributed by atoms with Gasteiger partial charge in [0.15, 0.2) is 0 Å². The zero-order chi connectivity index (χ0) is 23.1. The molecule has 1 amide bonds. The van der Waals surface area contributed by atoms with Crippen molar-refractivity contribution >= 4 is 23.2 Å². The van der Waals surface area contributed by atoms with Crippen LogP contribution in [0.25, 0.3) is 5.52 Å². The molecule has 1 saturated carbocycles. The van der Waals surface area contributed by atoms with Crippen molar-refractivity contribution in [2.75, 3.05) is 13.2 Å². The van der Waals surface area contributed by atoms with E-state index in [1.54, 1.807) is 13.0 Å². The van der Waals surface area contributed by atoms with Gasteiger partial charge in [-0.1, -0.05) is 39.0 Å². The number of carbonyl (C=O) groups is 3. The van der Waals surface area contributed by atoms with Crippen LogP contribution in [0.15, 0.2) is 18.3 Å². The van der Waals surface area contributed by atoms with E-state index in [0.717, 1.165) is 17.7 Å². The minimum Gasteiger partial charge on any atom is -0.493 e. The van der Waals surface area contributed by atoms with Crippen molar-refractivity contribution < 1.29 is 23.9 Å². The first-order chi connectivity index (χ1) is 15.5. The van der Waals surface area contributed by atoms with Crippen LogP contribution in [0.3, 0.4) is 0 Å².